The molecule has 0 amide bonds. The zero-order valence-electron chi connectivity index (χ0n) is 11.0. The van der Waals surface area contributed by atoms with Crippen LogP contribution in [-0.2, 0) is 6.42 Å². The second-order valence-electron chi connectivity index (χ2n) is 4.39. The highest BCUT2D eigenvalue weighted by Gasteiger charge is 2.03. The highest BCUT2D eigenvalue weighted by molar-refractivity contribution is 8.00. The summed E-state index contributed by atoms with van der Waals surface area (Å²) in [4.78, 5) is 0.966. The molecule has 2 aromatic rings. The van der Waals surface area contributed by atoms with Crippen LogP contribution in [0, 0.1) is 6.92 Å². The number of anilines is 2. The van der Waals surface area contributed by atoms with Crippen LogP contribution in [0.2, 0.25) is 5.02 Å². The van der Waals surface area contributed by atoms with Crippen LogP contribution in [0.1, 0.15) is 18.1 Å². The fourth-order valence-electron chi connectivity index (χ4n) is 1.87. The molecule has 19 heavy (non-hydrogen) atoms. The fourth-order valence-corrected chi connectivity index (χ4v) is 2.82. The van der Waals surface area contributed by atoms with Crippen molar-refractivity contribution in [3.05, 3.63) is 52.5 Å². The van der Waals surface area contributed by atoms with Gasteiger partial charge in [0.25, 0.3) is 0 Å². The summed E-state index contributed by atoms with van der Waals surface area (Å²) < 4.78 is 3.30. The Balaban J connectivity index is 2.08. The lowest BCUT2D eigenvalue weighted by Crippen LogP contribution is -1.92. The van der Waals surface area contributed by atoms with Crippen LogP contribution in [-0.4, -0.2) is 0 Å². The van der Waals surface area contributed by atoms with E-state index in [1.807, 2.05) is 12.1 Å². The average Bonchev–Trinajstić information content (AvgIpc) is 2.38. The summed E-state index contributed by atoms with van der Waals surface area (Å²) in [6, 6.07) is 11.9. The lowest BCUT2D eigenvalue weighted by atomic mass is 10.1. The molecule has 0 atom stereocenters. The van der Waals surface area contributed by atoms with Crippen molar-refractivity contribution in [2.75, 3.05) is 10.5 Å². The van der Waals surface area contributed by atoms with Crippen LogP contribution in [0.5, 0.6) is 0 Å². The van der Waals surface area contributed by atoms with Gasteiger partial charge in [-0.25, -0.2) is 0 Å². The SMILES string of the molecule is CCc1ccc(NSc2ccc(N)cc2Cl)cc1C. The summed E-state index contributed by atoms with van der Waals surface area (Å²) in [6.45, 7) is 4.29. The van der Waals surface area contributed by atoms with Crippen molar-refractivity contribution in [1.82, 2.24) is 0 Å². The van der Waals surface area contributed by atoms with E-state index in [9.17, 15) is 0 Å². The Kier molecular flexibility index (Phi) is 4.61. The Morgan fingerprint density at radius 1 is 1.21 bits per heavy atom. The van der Waals surface area contributed by atoms with Crippen LogP contribution in [0.25, 0.3) is 0 Å². The first kappa shape index (κ1) is 14.1. The van der Waals surface area contributed by atoms with Gasteiger partial charge in [-0.1, -0.05) is 24.6 Å². The van der Waals surface area contributed by atoms with E-state index in [1.165, 1.54) is 23.1 Å². The topological polar surface area (TPSA) is 38.0 Å². The number of hydrogen-bond donors (Lipinski definition) is 2. The minimum absolute atomic E-state index is 0.666. The standard InChI is InChI=1S/C15H17ClN2S/c1-3-11-4-6-13(8-10(11)2)18-19-15-7-5-12(17)9-14(15)16/h4-9,18H,3,17H2,1-2H3. The Bertz CT molecular complexity index is 584. The van der Waals surface area contributed by atoms with E-state index in [-0.39, 0.29) is 0 Å². The predicted molar refractivity (Wildman–Crippen MR) is 85.9 cm³/mol. The van der Waals surface area contributed by atoms with Gasteiger partial charge in [-0.3, -0.25) is 0 Å². The molecule has 0 aliphatic rings. The first-order valence-electron chi connectivity index (χ1n) is 6.17. The van der Waals surface area contributed by atoms with Gasteiger partial charge in [0.05, 0.1) is 5.02 Å². The summed E-state index contributed by atoms with van der Waals surface area (Å²) in [5.41, 5.74) is 10.1. The highest BCUT2D eigenvalue weighted by atomic mass is 35.5. The average molecular weight is 293 g/mol. The smallest absolute Gasteiger partial charge is 0.0580 e. The number of halogens is 1. The molecule has 0 aliphatic carbocycles. The number of aryl methyl sites for hydroxylation is 2. The lowest BCUT2D eigenvalue weighted by Gasteiger charge is -2.10. The molecular formula is C15H17ClN2S. The second-order valence-corrected chi connectivity index (χ2v) is 5.64. The van der Waals surface area contributed by atoms with E-state index in [1.54, 1.807) is 6.07 Å². The Labute approximate surface area is 123 Å². The van der Waals surface area contributed by atoms with E-state index in [2.05, 4.69) is 36.8 Å². The first-order chi connectivity index (χ1) is 9.10. The quantitative estimate of drug-likeness (QED) is 0.621. The highest BCUT2D eigenvalue weighted by Crippen LogP contribution is 2.30. The summed E-state index contributed by atoms with van der Waals surface area (Å²) in [5, 5.41) is 0.666. The van der Waals surface area contributed by atoms with Gasteiger partial charge >= 0.3 is 0 Å². The second kappa shape index (κ2) is 6.22. The number of nitrogens with one attached hydrogen (secondary N) is 1. The monoisotopic (exact) mass is 292 g/mol. The molecule has 0 fully saturated rings. The van der Waals surface area contributed by atoms with E-state index in [4.69, 9.17) is 17.3 Å². The number of benzene rings is 2. The first-order valence-corrected chi connectivity index (χ1v) is 7.37. The van der Waals surface area contributed by atoms with Crippen molar-refractivity contribution in [2.24, 2.45) is 0 Å². The van der Waals surface area contributed by atoms with Gasteiger partial charge in [-0.05, 0) is 66.8 Å². The maximum Gasteiger partial charge on any atom is 0.0580 e. The molecule has 3 N–H and O–H groups in total. The van der Waals surface area contributed by atoms with Crippen molar-refractivity contribution in [1.29, 1.82) is 0 Å². The van der Waals surface area contributed by atoms with E-state index in [0.717, 1.165) is 17.0 Å². The molecule has 0 bridgehead atoms. The fraction of sp³-hybridized carbons (Fsp3) is 0.200. The number of nitrogen functional groups attached to an aromatic ring is 1. The molecule has 0 aliphatic heterocycles. The van der Waals surface area contributed by atoms with Gasteiger partial charge in [0.15, 0.2) is 0 Å². The summed E-state index contributed by atoms with van der Waals surface area (Å²) in [5.74, 6) is 0. The maximum atomic E-state index is 6.13. The Hall–Kier alpha value is -1.32. The van der Waals surface area contributed by atoms with Crippen molar-refractivity contribution >= 4 is 34.9 Å². The van der Waals surface area contributed by atoms with Gasteiger partial charge in [0.1, 0.15) is 0 Å². The van der Waals surface area contributed by atoms with Crippen molar-refractivity contribution < 1.29 is 0 Å². The molecule has 2 aromatic carbocycles. The van der Waals surface area contributed by atoms with Crippen molar-refractivity contribution in [3.8, 4) is 0 Å². The molecule has 100 valence electrons. The predicted octanol–water partition coefficient (Wildman–Crippen LogP) is 4.91. The Morgan fingerprint density at radius 3 is 2.63 bits per heavy atom. The Morgan fingerprint density at radius 2 is 2.00 bits per heavy atom. The molecular weight excluding hydrogens is 276 g/mol. The third kappa shape index (κ3) is 3.58. The van der Waals surface area contributed by atoms with E-state index < -0.39 is 0 Å². The van der Waals surface area contributed by atoms with Crippen molar-refractivity contribution in [2.45, 2.75) is 25.2 Å². The van der Waals surface area contributed by atoms with Crippen LogP contribution in [0.4, 0.5) is 11.4 Å². The van der Waals surface area contributed by atoms with Crippen molar-refractivity contribution in [3.63, 3.8) is 0 Å². The van der Waals surface area contributed by atoms with Crippen LogP contribution >= 0.6 is 23.5 Å². The molecule has 0 unspecified atom stereocenters. The summed E-state index contributed by atoms with van der Waals surface area (Å²) >= 11 is 7.63. The zero-order chi connectivity index (χ0) is 13.8. The summed E-state index contributed by atoms with van der Waals surface area (Å²) in [7, 11) is 0. The molecule has 0 saturated carbocycles. The van der Waals surface area contributed by atoms with Gasteiger partial charge in [0, 0.05) is 16.3 Å². The third-order valence-electron chi connectivity index (χ3n) is 2.96. The molecule has 0 heterocycles. The number of nitrogens with two attached hydrogens (primary N) is 1. The van der Waals surface area contributed by atoms with E-state index in [0.29, 0.717) is 10.7 Å². The van der Waals surface area contributed by atoms with Gasteiger partial charge < -0.3 is 10.5 Å². The van der Waals surface area contributed by atoms with E-state index >= 15 is 0 Å². The minimum Gasteiger partial charge on any atom is -0.399 e. The molecule has 2 rings (SSSR count). The maximum absolute atomic E-state index is 6.13. The van der Waals surface area contributed by atoms with Gasteiger partial charge in [0.2, 0.25) is 0 Å². The normalized spacial score (nSPS) is 10.5. The number of rotatable bonds is 4. The lowest BCUT2D eigenvalue weighted by molar-refractivity contribution is 1.11. The van der Waals surface area contributed by atoms with Crippen LogP contribution in [0.3, 0.4) is 0 Å². The minimum atomic E-state index is 0.666. The third-order valence-corrected chi connectivity index (χ3v) is 4.30. The summed E-state index contributed by atoms with van der Waals surface area (Å²) in [6.07, 6.45) is 1.06. The molecule has 0 saturated heterocycles. The molecule has 4 heteroatoms. The van der Waals surface area contributed by atoms with Gasteiger partial charge in [-0.15, -0.1) is 0 Å². The largest absolute Gasteiger partial charge is 0.399 e. The molecule has 2 nitrogen and oxygen atoms in total. The molecule has 0 radical (unpaired) electrons. The zero-order valence-corrected chi connectivity index (χ0v) is 12.6. The number of hydrogen-bond acceptors (Lipinski definition) is 3. The van der Waals surface area contributed by atoms with Gasteiger partial charge in [-0.2, -0.15) is 0 Å². The van der Waals surface area contributed by atoms with Crippen LogP contribution in [0.15, 0.2) is 41.3 Å². The molecule has 0 aromatic heterocycles. The van der Waals surface area contributed by atoms with Crippen LogP contribution < -0.4 is 10.5 Å². The molecule has 0 spiro atoms.